The predicted molar refractivity (Wildman–Crippen MR) is 89.9 cm³/mol. The molecule has 3 nitrogen and oxygen atoms in total. The monoisotopic (exact) mass is 290 g/mol. The van der Waals surface area contributed by atoms with Crippen molar-refractivity contribution in [3.63, 3.8) is 0 Å². The Balaban J connectivity index is 1.92. The highest BCUT2D eigenvalue weighted by Gasteiger charge is 2.14. The Labute approximate surface area is 130 Å². The zero-order valence-electron chi connectivity index (χ0n) is 12.6. The van der Waals surface area contributed by atoms with E-state index in [2.05, 4.69) is 17.1 Å². The van der Waals surface area contributed by atoms with Crippen LogP contribution in [0.15, 0.2) is 66.9 Å². The van der Waals surface area contributed by atoms with E-state index < -0.39 is 0 Å². The fourth-order valence-corrected chi connectivity index (χ4v) is 2.65. The molecule has 1 aromatic heterocycles. The Bertz CT molecular complexity index is 778. The van der Waals surface area contributed by atoms with Crippen molar-refractivity contribution in [1.29, 1.82) is 0 Å². The lowest BCUT2D eigenvalue weighted by Gasteiger charge is -2.22. The molecule has 22 heavy (non-hydrogen) atoms. The maximum atomic E-state index is 12.1. The number of hydrogen-bond donors (Lipinski definition) is 0. The van der Waals surface area contributed by atoms with Gasteiger partial charge >= 0.3 is 0 Å². The lowest BCUT2D eigenvalue weighted by atomic mass is 10.1. The van der Waals surface area contributed by atoms with E-state index in [-0.39, 0.29) is 5.91 Å². The van der Waals surface area contributed by atoms with Gasteiger partial charge < -0.3 is 4.90 Å². The fraction of sp³-hybridized carbons (Fsp3) is 0.158. The van der Waals surface area contributed by atoms with Gasteiger partial charge in [0.05, 0.1) is 11.2 Å². The number of para-hydroxylation sites is 1. The van der Waals surface area contributed by atoms with Crippen molar-refractivity contribution in [2.45, 2.75) is 13.3 Å². The lowest BCUT2D eigenvalue weighted by molar-refractivity contribution is -0.116. The number of fused-ring (bicyclic) bond motifs is 1. The lowest BCUT2D eigenvalue weighted by Crippen LogP contribution is -2.30. The molecule has 0 fully saturated rings. The summed E-state index contributed by atoms with van der Waals surface area (Å²) < 4.78 is 0. The third-order valence-corrected chi connectivity index (χ3v) is 3.76. The van der Waals surface area contributed by atoms with Crippen LogP contribution >= 0.6 is 0 Å². The molecule has 0 aliphatic heterocycles. The molecule has 0 unspecified atom stereocenters. The van der Waals surface area contributed by atoms with Gasteiger partial charge in [0.1, 0.15) is 0 Å². The molecule has 1 amide bonds. The summed E-state index contributed by atoms with van der Waals surface area (Å²) in [6, 6.07) is 20.0. The van der Waals surface area contributed by atoms with Crippen LogP contribution in [0.5, 0.6) is 0 Å². The highest BCUT2D eigenvalue weighted by Crippen LogP contribution is 2.25. The topological polar surface area (TPSA) is 33.2 Å². The summed E-state index contributed by atoms with van der Waals surface area (Å²) >= 11 is 0. The number of carbonyl (C=O) groups is 1. The minimum Gasteiger partial charge on any atom is -0.312 e. The number of benzene rings is 2. The van der Waals surface area contributed by atoms with Crippen LogP contribution in [0.25, 0.3) is 10.9 Å². The Morgan fingerprint density at radius 2 is 1.73 bits per heavy atom. The molecule has 0 atom stereocenters. The molecule has 110 valence electrons. The van der Waals surface area contributed by atoms with E-state index in [1.54, 1.807) is 13.1 Å². The van der Waals surface area contributed by atoms with Gasteiger partial charge in [-0.1, -0.05) is 48.5 Å². The standard InChI is InChI=1S/C19H18N2O/c1-15(22)21(14-12-16-7-3-2-4-8-16)19-11-13-20-18-10-6-5-9-17(18)19/h2-11,13H,12,14H2,1H3. The molecular formula is C19H18N2O. The zero-order chi connectivity index (χ0) is 15.4. The van der Waals surface area contributed by atoms with Gasteiger partial charge in [-0.2, -0.15) is 0 Å². The summed E-state index contributed by atoms with van der Waals surface area (Å²) in [7, 11) is 0. The Morgan fingerprint density at radius 1 is 1.00 bits per heavy atom. The highest BCUT2D eigenvalue weighted by molar-refractivity contribution is 6.01. The summed E-state index contributed by atoms with van der Waals surface area (Å²) in [5, 5.41) is 1.01. The van der Waals surface area contributed by atoms with Crippen LogP contribution in [0, 0.1) is 0 Å². The predicted octanol–water partition coefficient (Wildman–Crippen LogP) is 3.83. The molecule has 0 aliphatic rings. The fourth-order valence-electron chi connectivity index (χ4n) is 2.65. The van der Waals surface area contributed by atoms with E-state index in [1.165, 1.54) is 5.56 Å². The average Bonchev–Trinajstić information content (AvgIpc) is 2.56. The van der Waals surface area contributed by atoms with Crippen molar-refractivity contribution in [1.82, 2.24) is 4.98 Å². The second kappa shape index (κ2) is 6.39. The summed E-state index contributed by atoms with van der Waals surface area (Å²) in [6.07, 6.45) is 2.59. The van der Waals surface area contributed by atoms with Crippen LogP contribution in [0.1, 0.15) is 12.5 Å². The van der Waals surface area contributed by atoms with Gasteiger partial charge in [0.2, 0.25) is 5.91 Å². The average molecular weight is 290 g/mol. The van der Waals surface area contributed by atoms with Gasteiger partial charge in [-0.15, -0.1) is 0 Å². The number of anilines is 1. The van der Waals surface area contributed by atoms with Gasteiger partial charge in [-0.05, 0) is 24.1 Å². The SMILES string of the molecule is CC(=O)N(CCc1ccccc1)c1ccnc2ccccc12. The second-order valence-corrected chi connectivity index (χ2v) is 5.25. The molecule has 0 bridgehead atoms. The smallest absolute Gasteiger partial charge is 0.223 e. The summed E-state index contributed by atoms with van der Waals surface area (Å²) in [4.78, 5) is 18.3. The van der Waals surface area contributed by atoms with Gasteiger partial charge in [-0.3, -0.25) is 9.78 Å². The van der Waals surface area contributed by atoms with Crippen LogP contribution < -0.4 is 4.90 Å². The Morgan fingerprint density at radius 3 is 2.50 bits per heavy atom. The van der Waals surface area contributed by atoms with E-state index in [4.69, 9.17) is 0 Å². The summed E-state index contributed by atoms with van der Waals surface area (Å²) in [5.74, 6) is 0.0484. The number of aromatic nitrogens is 1. The van der Waals surface area contributed by atoms with E-state index in [9.17, 15) is 4.79 Å². The maximum Gasteiger partial charge on any atom is 0.223 e. The van der Waals surface area contributed by atoms with Crippen LogP contribution in [0.4, 0.5) is 5.69 Å². The molecule has 0 saturated heterocycles. The summed E-state index contributed by atoms with van der Waals surface area (Å²) in [5.41, 5.74) is 3.06. The first-order valence-electron chi connectivity index (χ1n) is 7.41. The van der Waals surface area contributed by atoms with Gasteiger partial charge in [0.25, 0.3) is 0 Å². The minimum absolute atomic E-state index is 0.0484. The molecule has 0 saturated carbocycles. The van der Waals surface area contributed by atoms with Crippen molar-refractivity contribution in [2.75, 3.05) is 11.4 Å². The van der Waals surface area contributed by atoms with E-state index in [0.29, 0.717) is 6.54 Å². The van der Waals surface area contributed by atoms with Crippen molar-refractivity contribution in [2.24, 2.45) is 0 Å². The number of carbonyl (C=O) groups excluding carboxylic acids is 1. The second-order valence-electron chi connectivity index (χ2n) is 5.25. The van der Waals surface area contributed by atoms with Crippen molar-refractivity contribution in [3.05, 3.63) is 72.4 Å². The Kier molecular flexibility index (Phi) is 4.15. The van der Waals surface area contributed by atoms with E-state index in [1.807, 2.05) is 53.4 Å². The molecule has 0 N–H and O–H groups in total. The first-order chi connectivity index (χ1) is 10.8. The molecule has 0 aliphatic carbocycles. The number of pyridine rings is 1. The van der Waals surface area contributed by atoms with Gasteiger partial charge in [-0.25, -0.2) is 0 Å². The van der Waals surface area contributed by atoms with Crippen LogP contribution in [-0.4, -0.2) is 17.4 Å². The maximum absolute atomic E-state index is 12.1. The first kappa shape index (κ1) is 14.3. The van der Waals surface area contributed by atoms with Crippen LogP contribution in [-0.2, 0) is 11.2 Å². The molecule has 3 rings (SSSR count). The molecule has 0 radical (unpaired) electrons. The third-order valence-electron chi connectivity index (χ3n) is 3.76. The number of amides is 1. The molecule has 1 heterocycles. The highest BCUT2D eigenvalue weighted by atomic mass is 16.2. The number of hydrogen-bond acceptors (Lipinski definition) is 2. The molecular weight excluding hydrogens is 272 g/mol. The van der Waals surface area contributed by atoms with E-state index >= 15 is 0 Å². The van der Waals surface area contributed by atoms with Crippen molar-refractivity contribution < 1.29 is 4.79 Å². The van der Waals surface area contributed by atoms with E-state index in [0.717, 1.165) is 23.0 Å². The quantitative estimate of drug-likeness (QED) is 0.731. The molecule has 2 aromatic carbocycles. The molecule has 0 spiro atoms. The molecule has 3 aromatic rings. The van der Waals surface area contributed by atoms with Crippen LogP contribution in [0.3, 0.4) is 0 Å². The molecule has 3 heteroatoms. The van der Waals surface area contributed by atoms with Crippen molar-refractivity contribution in [3.8, 4) is 0 Å². The third kappa shape index (κ3) is 2.98. The van der Waals surface area contributed by atoms with Gasteiger partial charge in [0.15, 0.2) is 0 Å². The first-order valence-corrected chi connectivity index (χ1v) is 7.41. The largest absolute Gasteiger partial charge is 0.312 e. The zero-order valence-corrected chi connectivity index (χ0v) is 12.6. The van der Waals surface area contributed by atoms with Gasteiger partial charge in [0, 0.05) is 25.1 Å². The summed E-state index contributed by atoms with van der Waals surface area (Å²) in [6.45, 7) is 2.27. The Hall–Kier alpha value is -2.68. The van der Waals surface area contributed by atoms with Crippen molar-refractivity contribution >= 4 is 22.5 Å². The number of rotatable bonds is 4. The normalized spacial score (nSPS) is 10.6. The number of nitrogens with zero attached hydrogens (tertiary/aromatic N) is 2. The van der Waals surface area contributed by atoms with Crippen LogP contribution in [0.2, 0.25) is 0 Å². The minimum atomic E-state index is 0.0484.